The van der Waals surface area contributed by atoms with Crippen molar-refractivity contribution >= 4 is 0 Å². The lowest BCUT2D eigenvalue weighted by Gasteiger charge is -2.16. The van der Waals surface area contributed by atoms with Crippen molar-refractivity contribution in [1.82, 2.24) is 0 Å². The molecule has 0 bridgehead atoms. The predicted molar refractivity (Wildman–Crippen MR) is 69.5 cm³/mol. The zero-order valence-corrected chi connectivity index (χ0v) is 11.4. The number of benzene rings is 2. The number of aliphatic hydroxyl groups is 1. The molecule has 1 N–H and O–H groups in total. The Kier molecular flexibility index (Phi) is 4.56. The number of ether oxygens (including phenoxy) is 1. The van der Waals surface area contributed by atoms with Crippen LogP contribution in [0.1, 0.15) is 11.1 Å². The predicted octanol–water partition coefficient (Wildman–Crippen LogP) is 4.76. The first-order valence-corrected chi connectivity index (χ1v) is 6.28. The van der Waals surface area contributed by atoms with Gasteiger partial charge in [0, 0.05) is 5.56 Å². The van der Waals surface area contributed by atoms with Crippen LogP contribution in [0.25, 0.3) is 11.1 Å². The Hall–Kier alpha value is -2.22. The molecule has 2 aromatic carbocycles. The first-order chi connectivity index (χ1) is 10.6. The monoisotopic (exact) mass is 336 g/mol. The van der Waals surface area contributed by atoms with Gasteiger partial charge in [0.15, 0.2) is 0 Å². The van der Waals surface area contributed by atoms with Crippen molar-refractivity contribution < 1.29 is 36.2 Å². The average molecular weight is 336 g/mol. The first-order valence-electron chi connectivity index (χ1n) is 6.28. The van der Waals surface area contributed by atoms with Crippen molar-refractivity contribution in [1.29, 1.82) is 0 Å². The highest BCUT2D eigenvalue weighted by Gasteiger charge is 2.35. The maximum absolute atomic E-state index is 13.0. The number of rotatable bonds is 3. The summed E-state index contributed by atoms with van der Waals surface area (Å²) in [6.45, 7) is -0.837. The van der Waals surface area contributed by atoms with Gasteiger partial charge in [0.1, 0.15) is 5.75 Å². The maximum atomic E-state index is 13.0. The summed E-state index contributed by atoms with van der Waals surface area (Å²) in [5.74, 6) is -0.607. The van der Waals surface area contributed by atoms with Crippen LogP contribution in [-0.2, 0) is 12.8 Å². The van der Waals surface area contributed by atoms with E-state index >= 15 is 0 Å². The maximum Gasteiger partial charge on any atom is 0.573 e. The summed E-state index contributed by atoms with van der Waals surface area (Å²) in [6.07, 6.45) is -9.71. The Labute approximate surface area is 126 Å². The van der Waals surface area contributed by atoms with E-state index in [0.29, 0.717) is 6.07 Å². The lowest BCUT2D eigenvalue weighted by atomic mass is 9.98. The average Bonchev–Trinajstić information content (AvgIpc) is 2.44. The fourth-order valence-electron chi connectivity index (χ4n) is 2.06. The standard InChI is InChI=1S/C15H10F6O2/c16-14(17,18)12-7-9(5-6-10(12)8-22)11-3-1-2-4-13(11)23-15(19,20)21/h1-7,22H,8H2. The van der Waals surface area contributed by atoms with Gasteiger partial charge in [0.05, 0.1) is 12.2 Å². The molecule has 2 rings (SSSR count). The van der Waals surface area contributed by atoms with E-state index < -0.39 is 30.5 Å². The molecule has 0 radical (unpaired) electrons. The molecule has 0 spiro atoms. The molecule has 124 valence electrons. The molecule has 2 aromatic rings. The summed E-state index contributed by atoms with van der Waals surface area (Å²) >= 11 is 0. The number of hydrogen-bond donors (Lipinski definition) is 1. The van der Waals surface area contributed by atoms with E-state index in [9.17, 15) is 26.3 Å². The van der Waals surface area contributed by atoms with E-state index in [-0.39, 0.29) is 16.7 Å². The highest BCUT2D eigenvalue weighted by atomic mass is 19.4. The van der Waals surface area contributed by atoms with E-state index in [1.54, 1.807) is 0 Å². The molecule has 0 saturated carbocycles. The molecule has 0 aliphatic carbocycles. The Bertz CT molecular complexity index is 691. The highest BCUT2D eigenvalue weighted by molar-refractivity contribution is 5.71. The van der Waals surface area contributed by atoms with E-state index in [4.69, 9.17) is 5.11 Å². The molecule has 0 aliphatic heterocycles. The van der Waals surface area contributed by atoms with Crippen LogP contribution in [0.4, 0.5) is 26.3 Å². The largest absolute Gasteiger partial charge is 0.573 e. The molecular formula is C15H10F6O2. The summed E-state index contributed by atoms with van der Waals surface area (Å²) in [5.41, 5.74) is -1.72. The third-order valence-corrected chi connectivity index (χ3v) is 3.01. The van der Waals surface area contributed by atoms with E-state index in [0.717, 1.165) is 12.1 Å². The number of halogens is 6. The normalized spacial score (nSPS) is 12.3. The van der Waals surface area contributed by atoms with Crippen LogP contribution in [-0.4, -0.2) is 11.5 Å². The molecule has 0 amide bonds. The van der Waals surface area contributed by atoms with Gasteiger partial charge >= 0.3 is 12.5 Å². The van der Waals surface area contributed by atoms with Gasteiger partial charge in [-0.25, -0.2) is 0 Å². The van der Waals surface area contributed by atoms with Crippen molar-refractivity contribution in [2.45, 2.75) is 19.1 Å². The fraction of sp³-hybridized carbons (Fsp3) is 0.200. The summed E-state index contributed by atoms with van der Waals surface area (Å²) < 4.78 is 79.9. The van der Waals surface area contributed by atoms with Crippen LogP contribution >= 0.6 is 0 Å². The minimum atomic E-state index is -4.96. The van der Waals surface area contributed by atoms with Crippen molar-refractivity contribution in [2.24, 2.45) is 0 Å². The third-order valence-electron chi connectivity index (χ3n) is 3.01. The van der Waals surface area contributed by atoms with E-state index in [1.165, 1.54) is 24.3 Å². The SMILES string of the molecule is OCc1ccc(-c2ccccc2OC(F)(F)F)cc1C(F)(F)F. The van der Waals surface area contributed by atoms with Crippen LogP contribution in [0.3, 0.4) is 0 Å². The van der Waals surface area contributed by atoms with E-state index in [2.05, 4.69) is 4.74 Å². The molecule has 23 heavy (non-hydrogen) atoms. The van der Waals surface area contributed by atoms with E-state index in [1.807, 2.05) is 0 Å². The minimum absolute atomic E-state index is 0.102. The van der Waals surface area contributed by atoms with Crippen LogP contribution in [0.15, 0.2) is 42.5 Å². The minimum Gasteiger partial charge on any atom is -0.405 e. The summed E-state index contributed by atoms with van der Waals surface area (Å²) in [6, 6.07) is 7.78. The molecular weight excluding hydrogens is 326 g/mol. The lowest BCUT2D eigenvalue weighted by Crippen LogP contribution is -2.17. The molecule has 0 aromatic heterocycles. The van der Waals surface area contributed by atoms with Gasteiger partial charge in [0.25, 0.3) is 0 Å². The second-order valence-corrected chi connectivity index (χ2v) is 4.57. The summed E-state index contributed by atoms with van der Waals surface area (Å²) in [4.78, 5) is 0. The van der Waals surface area contributed by atoms with Crippen LogP contribution in [0, 0.1) is 0 Å². The second kappa shape index (κ2) is 6.11. The Morgan fingerprint density at radius 3 is 2.13 bits per heavy atom. The van der Waals surface area contributed by atoms with Crippen molar-refractivity contribution in [3.63, 3.8) is 0 Å². The van der Waals surface area contributed by atoms with Gasteiger partial charge < -0.3 is 9.84 Å². The molecule has 0 saturated heterocycles. The number of hydrogen-bond acceptors (Lipinski definition) is 2. The quantitative estimate of drug-likeness (QED) is 0.819. The van der Waals surface area contributed by atoms with Crippen LogP contribution in [0.5, 0.6) is 5.75 Å². The second-order valence-electron chi connectivity index (χ2n) is 4.57. The lowest BCUT2D eigenvalue weighted by molar-refractivity contribution is -0.274. The number of aliphatic hydroxyl groups excluding tert-OH is 1. The highest BCUT2D eigenvalue weighted by Crippen LogP contribution is 2.38. The molecule has 8 heteroatoms. The number of alkyl halides is 6. The van der Waals surface area contributed by atoms with Gasteiger partial charge in [-0.05, 0) is 23.3 Å². The van der Waals surface area contributed by atoms with Gasteiger partial charge in [-0.15, -0.1) is 13.2 Å². The van der Waals surface area contributed by atoms with Crippen molar-refractivity contribution in [3.8, 4) is 16.9 Å². The molecule has 0 unspecified atom stereocenters. The zero-order chi connectivity index (χ0) is 17.3. The van der Waals surface area contributed by atoms with Crippen LogP contribution < -0.4 is 4.74 Å². The summed E-state index contributed by atoms with van der Waals surface area (Å²) in [5, 5.41) is 8.98. The molecule has 2 nitrogen and oxygen atoms in total. The third kappa shape index (κ3) is 4.16. The van der Waals surface area contributed by atoms with Gasteiger partial charge in [-0.3, -0.25) is 0 Å². The Balaban J connectivity index is 2.55. The first kappa shape index (κ1) is 17.1. The molecule has 0 fully saturated rings. The van der Waals surface area contributed by atoms with Crippen molar-refractivity contribution in [2.75, 3.05) is 0 Å². The number of para-hydroxylation sites is 1. The zero-order valence-electron chi connectivity index (χ0n) is 11.4. The van der Waals surface area contributed by atoms with Gasteiger partial charge in [-0.2, -0.15) is 13.2 Å². The van der Waals surface area contributed by atoms with Crippen molar-refractivity contribution in [3.05, 3.63) is 53.6 Å². The topological polar surface area (TPSA) is 29.5 Å². The van der Waals surface area contributed by atoms with Gasteiger partial charge in [-0.1, -0.05) is 30.3 Å². The van der Waals surface area contributed by atoms with Gasteiger partial charge in [0.2, 0.25) is 0 Å². The molecule has 0 atom stereocenters. The molecule has 0 aliphatic rings. The Morgan fingerprint density at radius 2 is 1.57 bits per heavy atom. The van der Waals surface area contributed by atoms with Crippen LogP contribution in [0.2, 0.25) is 0 Å². The fourth-order valence-corrected chi connectivity index (χ4v) is 2.06. The smallest absolute Gasteiger partial charge is 0.405 e. The Morgan fingerprint density at radius 1 is 0.913 bits per heavy atom. The molecule has 0 heterocycles. The summed E-state index contributed by atoms with van der Waals surface area (Å²) in [7, 11) is 0.